The molecule has 0 aromatic heterocycles. The van der Waals surface area contributed by atoms with Gasteiger partial charge in [0.1, 0.15) is 0 Å². The lowest BCUT2D eigenvalue weighted by atomic mass is 10.1. The second-order valence-electron chi connectivity index (χ2n) is 3.20. The van der Waals surface area contributed by atoms with Crippen molar-refractivity contribution in [2.24, 2.45) is 11.7 Å². The lowest BCUT2D eigenvalue weighted by molar-refractivity contribution is -0.141. The van der Waals surface area contributed by atoms with E-state index in [2.05, 4.69) is 11.2 Å². The third kappa shape index (κ3) is 5.03. The Labute approximate surface area is 89.0 Å². The number of carbonyl (C=O) groups is 2. The molecule has 0 saturated heterocycles. The third-order valence-corrected chi connectivity index (χ3v) is 2.04. The second-order valence-corrected chi connectivity index (χ2v) is 3.20. The largest absolute Gasteiger partial charge is 0.481 e. The van der Waals surface area contributed by atoms with Gasteiger partial charge in [0.2, 0.25) is 5.91 Å². The molecule has 0 bridgehead atoms. The van der Waals surface area contributed by atoms with Crippen LogP contribution in [-0.2, 0) is 9.59 Å². The van der Waals surface area contributed by atoms with Crippen molar-refractivity contribution < 1.29 is 14.7 Å². The summed E-state index contributed by atoms with van der Waals surface area (Å²) in [6.07, 6.45) is 5.60. The molecule has 1 amide bonds. The molecule has 84 valence electrons. The Hall–Kier alpha value is -1.54. The highest BCUT2D eigenvalue weighted by Gasteiger charge is 2.18. The normalized spacial score (nSPS) is 13.7. The Morgan fingerprint density at radius 2 is 2.20 bits per heavy atom. The molecule has 0 aliphatic rings. The number of carboxylic acids is 1. The molecule has 0 aromatic rings. The van der Waals surface area contributed by atoms with E-state index in [4.69, 9.17) is 17.3 Å². The number of aliphatic carboxylic acids is 1. The van der Waals surface area contributed by atoms with E-state index in [1.165, 1.54) is 0 Å². The maximum absolute atomic E-state index is 11.3. The van der Waals surface area contributed by atoms with Crippen LogP contribution in [0.4, 0.5) is 0 Å². The van der Waals surface area contributed by atoms with Gasteiger partial charge in [-0.2, -0.15) is 0 Å². The number of terminal acetylenes is 1. The van der Waals surface area contributed by atoms with Gasteiger partial charge in [-0.15, -0.1) is 12.3 Å². The summed E-state index contributed by atoms with van der Waals surface area (Å²) in [5, 5.41) is 11.2. The lowest BCUT2D eigenvalue weighted by Crippen LogP contribution is -2.43. The number of nitrogens with one attached hydrogen (secondary N) is 1. The van der Waals surface area contributed by atoms with E-state index in [0.29, 0.717) is 6.42 Å². The van der Waals surface area contributed by atoms with Crippen LogP contribution in [0.2, 0.25) is 0 Å². The smallest absolute Gasteiger partial charge is 0.308 e. The molecule has 0 saturated carbocycles. The van der Waals surface area contributed by atoms with Crippen LogP contribution in [0.3, 0.4) is 0 Å². The number of nitrogens with two attached hydrogens (primary N) is 1. The van der Waals surface area contributed by atoms with Gasteiger partial charge in [0, 0.05) is 13.0 Å². The van der Waals surface area contributed by atoms with Crippen LogP contribution in [0, 0.1) is 18.3 Å². The molecule has 0 aliphatic heterocycles. The van der Waals surface area contributed by atoms with E-state index in [-0.39, 0.29) is 13.0 Å². The quantitative estimate of drug-likeness (QED) is 0.521. The van der Waals surface area contributed by atoms with Crippen LogP contribution in [0.15, 0.2) is 0 Å². The maximum atomic E-state index is 11.3. The van der Waals surface area contributed by atoms with E-state index in [1.807, 2.05) is 0 Å². The standard InChI is InChI=1S/C10H16N2O3/c1-3-5-8(11)9(13)12-6-7(4-2)10(14)15/h1,7-8H,4-6,11H2,2H3,(H,12,13)(H,14,15). The highest BCUT2D eigenvalue weighted by Crippen LogP contribution is 2.00. The Bertz CT molecular complexity index is 270. The number of carboxylic acid groups (broad SMARTS) is 1. The van der Waals surface area contributed by atoms with E-state index in [9.17, 15) is 9.59 Å². The summed E-state index contributed by atoms with van der Waals surface area (Å²) < 4.78 is 0. The van der Waals surface area contributed by atoms with Crippen LogP contribution >= 0.6 is 0 Å². The summed E-state index contributed by atoms with van der Waals surface area (Å²) in [5.41, 5.74) is 5.43. The van der Waals surface area contributed by atoms with Crippen molar-refractivity contribution in [3.05, 3.63) is 0 Å². The van der Waals surface area contributed by atoms with Gasteiger partial charge in [-0.1, -0.05) is 6.92 Å². The highest BCUT2D eigenvalue weighted by atomic mass is 16.4. The Kier molecular flexibility index (Phi) is 6.14. The van der Waals surface area contributed by atoms with E-state index < -0.39 is 23.8 Å². The number of amides is 1. The first kappa shape index (κ1) is 13.5. The average molecular weight is 212 g/mol. The van der Waals surface area contributed by atoms with Gasteiger partial charge in [-0.05, 0) is 6.42 Å². The summed E-state index contributed by atoms with van der Waals surface area (Å²) in [6.45, 7) is 1.83. The van der Waals surface area contributed by atoms with Crippen molar-refractivity contribution >= 4 is 11.9 Å². The highest BCUT2D eigenvalue weighted by molar-refractivity contribution is 5.82. The van der Waals surface area contributed by atoms with Gasteiger partial charge in [-0.3, -0.25) is 9.59 Å². The molecule has 0 rings (SSSR count). The second kappa shape index (κ2) is 6.85. The number of rotatable bonds is 6. The summed E-state index contributed by atoms with van der Waals surface area (Å²) in [5.74, 6) is 0.357. The fourth-order valence-corrected chi connectivity index (χ4v) is 0.981. The van der Waals surface area contributed by atoms with E-state index in [0.717, 1.165) is 0 Å². The molecular weight excluding hydrogens is 196 g/mol. The molecular formula is C10H16N2O3. The third-order valence-electron chi connectivity index (χ3n) is 2.04. The minimum absolute atomic E-state index is 0.0862. The fraction of sp³-hybridized carbons (Fsp3) is 0.600. The molecule has 0 radical (unpaired) electrons. The monoisotopic (exact) mass is 212 g/mol. The molecule has 0 heterocycles. The van der Waals surface area contributed by atoms with Crippen molar-refractivity contribution in [1.82, 2.24) is 5.32 Å². The van der Waals surface area contributed by atoms with Crippen LogP contribution in [0.1, 0.15) is 19.8 Å². The predicted molar refractivity (Wildman–Crippen MR) is 55.9 cm³/mol. The topological polar surface area (TPSA) is 92.4 Å². The van der Waals surface area contributed by atoms with Crippen LogP contribution in [0.5, 0.6) is 0 Å². The molecule has 4 N–H and O–H groups in total. The van der Waals surface area contributed by atoms with Gasteiger partial charge in [0.05, 0.1) is 12.0 Å². The van der Waals surface area contributed by atoms with Gasteiger partial charge in [0.25, 0.3) is 0 Å². The Morgan fingerprint density at radius 1 is 1.60 bits per heavy atom. The predicted octanol–water partition coefficient (Wildman–Crippen LogP) is -0.436. The first-order valence-corrected chi connectivity index (χ1v) is 4.72. The van der Waals surface area contributed by atoms with Crippen molar-refractivity contribution in [1.29, 1.82) is 0 Å². The van der Waals surface area contributed by atoms with Gasteiger partial charge < -0.3 is 16.2 Å². The summed E-state index contributed by atoms with van der Waals surface area (Å²) in [4.78, 5) is 21.9. The van der Waals surface area contributed by atoms with Crippen molar-refractivity contribution in [2.75, 3.05) is 6.54 Å². The number of hydrogen-bond donors (Lipinski definition) is 3. The first-order valence-electron chi connectivity index (χ1n) is 4.72. The summed E-state index contributed by atoms with van der Waals surface area (Å²) in [7, 11) is 0. The van der Waals surface area contributed by atoms with Crippen LogP contribution < -0.4 is 11.1 Å². The Morgan fingerprint density at radius 3 is 2.60 bits per heavy atom. The van der Waals surface area contributed by atoms with E-state index >= 15 is 0 Å². The van der Waals surface area contributed by atoms with Gasteiger partial charge in [-0.25, -0.2) is 0 Å². The van der Waals surface area contributed by atoms with Crippen LogP contribution in [0.25, 0.3) is 0 Å². The number of hydrogen-bond acceptors (Lipinski definition) is 3. The molecule has 0 spiro atoms. The van der Waals surface area contributed by atoms with E-state index in [1.54, 1.807) is 6.92 Å². The minimum atomic E-state index is -0.927. The molecule has 2 atom stereocenters. The molecule has 5 nitrogen and oxygen atoms in total. The van der Waals surface area contributed by atoms with Crippen LogP contribution in [-0.4, -0.2) is 29.6 Å². The molecule has 0 aliphatic carbocycles. The molecule has 15 heavy (non-hydrogen) atoms. The summed E-state index contributed by atoms with van der Waals surface area (Å²) in [6, 6.07) is -0.763. The molecule has 0 fully saturated rings. The average Bonchev–Trinajstić information content (AvgIpc) is 2.18. The Balaban J connectivity index is 3.99. The zero-order valence-corrected chi connectivity index (χ0v) is 8.69. The molecule has 0 aromatic carbocycles. The fourth-order valence-electron chi connectivity index (χ4n) is 0.981. The zero-order chi connectivity index (χ0) is 11.8. The maximum Gasteiger partial charge on any atom is 0.308 e. The van der Waals surface area contributed by atoms with Crippen molar-refractivity contribution in [3.63, 3.8) is 0 Å². The van der Waals surface area contributed by atoms with Gasteiger partial charge in [0.15, 0.2) is 0 Å². The SMILES string of the molecule is C#CCC(N)C(=O)NCC(CC)C(=O)O. The van der Waals surface area contributed by atoms with Gasteiger partial charge >= 0.3 is 5.97 Å². The molecule has 5 heteroatoms. The van der Waals surface area contributed by atoms with Crippen molar-refractivity contribution in [3.8, 4) is 12.3 Å². The zero-order valence-electron chi connectivity index (χ0n) is 8.69. The lowest BCUT2D eigenvalue weighted by Gasteiger charge is -2.13. The number of carbonyl (C=O) groups excluding carboxylic acids is 1. The first-order chi connectivity index (χ1) is 7.02. The van der Waals surface area contributed by atoms with Crippen molar-refractivity contribution in [2.45, 2.75) is 25.8 Å². The minimum Gasteiger partial charge on any atom is -0.481 e. The molecule has 2 unspecified atom stereocenters. The summed E-state index contributed by atoms with van der Waals surface area (Å²) >= 11 is 0.